The Kier molecular flexibility index (Phi) is 4.54. The summed E-state index contributed by atoms with van der Waals surface area (Å²) in [6.07, 6.45) is 0. The molecule has 7 heteroatoms. The zero-order valence-corrected chi connectivity index (χ0v) is 13.2. The summed E-state index contributed by atoms with van der Waals surface area (Å²) in [5.74, 6) is 0.263. The minimum absolute atomic E-state index is 0.0807. The molecule has 6 nitrogen and oxygen atoms in total. The molecule has 118 valence electrons. The zero-order chi connectivity index (χ0) is 16.3. The third-order valence-electron chi connectivity index (χ3n) is 3.25. The summed E-state index contributed by atoms with van der Waals surface area (Å²) in [6, 6.07) is 6.09. The average Bonchev–Trinajstić information content (AvgIpc) is 2.89. The predicted octanol–water partition coefficient (Wildman–Crippen LogP) is 1.77. The summed E-state index contributed by atoms with van der Waals surface area (Å²) >= 11 is 0. The van der Waals surface area contributed by atoms with Crippen LogP contribution in [0.15, 0.2) is 24.3 Å². The van der Waals surface area contributed by atoms with E-state index in [-0.39, 0.29) is 23.7 Å². The van der Waals surface area contributed by atoms with Crippen LogP contribution in [0.2, 0.25) is 0 Å². The molecule has 0 N–H and O–H groups in total. The maximum absolute atomic E-state index is 12.9. The van der Waals surface area contributed by atoms with E-state index in [1.807, 2.05) is 20.8 Å². The van der Waals surface area contributed by atoms with Gasteiger partial charge in [0.25, 0.3) is 0 Å². The van der Waals surface area contributed by atoms with Gasteiger partial charge in [-0.05, 0) is 28.1 Å². The third kappa shape index (κ3) is 3.87. The van der Waals surface area contributed by atoms with Crippen LogP contribution in [-0.2, 0) is 23.3 Å². The fraction of sp³-hybridized carbons (Fsp3) is 0.467. The van der Waals surface area contributed by atoms with Crippen LogP contribution in [0, 0.1) is 5.82 Å². The number of halogens is 1. The smallest absolute Gasteiger partial charge is 0.244 e. The van der Waals surface area contributed by atoms with Gasteiger partial charge in [0.05, 0.1) is 0 Å². The SMILES string of the molecule is CN(Cc1ccc(F)cc1)C(=O)Cn1nnnc1C(C)(C)C. The molecule has 22 heavy (non-hydrogen) atoms. The number of rotatable bonds is 4. The van der Waals surface area contributed by atoms with E-state index >= 15 is 0 Å². The highest BCUT2D eigenvalue weighted by Crippen LogP contribution is 2.18. The van der Waals surface area contributed by atoms with Crippen molar-refractivity contribution in [3.8, 4) is 0 Å². The first-order valence-corrected chi connectivity index (χ1v) is 7.02. The molecular weight excluding hydrogens is 285 g/mol. The minimum Gasteiger partial charge on any atom is -0.340 e. The van der Waals surface area contributed by atoms with Gasteiger partial charge in [-0.1, -0.05) is 32.9 Å². The number of carbonyl (C=O) groups excluding carboxylic acids is 1. The zero-order valence-electron chi connectivity index (χ0n) is 13.2. The first-order chi connectivity index (χ1) is 10.3. The van der Waals surface area contributed by atoms with Gasteiger partial charge in [-0.15, -0.1) is 5.10 Å². The topological polar surface area (TPSA) is 63.9 Å². The Morgan fingerprint density at radius 3 is 2.50 bits per heavy atom. The van der Waals surface area contributed by atoms with E-state index in [0.717, 1.165) is 5.56 Å². The van der Waals surface area contributed by atoms with Gasteiger partial charge in [0.1, 0.15) is 12.4 Å². The molecule has 0 unspecified atom stereocenters. The summed E-state index contributed by atoms with van der Waals surface area (Å²) in [5.41, 5.74) is 0.629. The van der Waals surface area contributed by atoms with Crippen molar-refractivity contribution in [3.05, 3.63) is 41.5 Å². The number of benzene rings is 1. The average molecular weight is 305 g/mol. The molecule has 1 amide bonds. The van der Waals surface area contributed by atoms with Gasteiger partial charge >= 0.3 is 0 Å². The fourth-order valence-corrected chi connectivity index (χ4v) is 2.05. The number of likely N-dealkylation sites (N-methyl/N-ethyl adjacent to an activating group) is 1. The van der Waals surface area contributed by atoms with E-state index in [1.54, 1.807) is 24.1 Å². The first-order valence-electron chi connectivity index (χ1n) is 7.02. The van der Waals surface area contributed by atoms with E-state index in [0.29, 0.717) is 12.4 Å². The van der Waals surface area contributed by atoms with Crippen molar-refractivity contribution in [3.63, 3.8) is 0 Å². The van der Waals surface area contributed by atoms with Gasteiger partial charge in [-0.25, -0.2) is 9.07 Å². The number of amides is 1. The molecule has 0 fully saturated rings. The number of hydrogen-bond donors (Lipinski definition) is 0. The van der Waals surface area contributed by atoms with Crippen molar-refractivity contribution in [1.29, 1.82) is 0 Å². The van der Waals surface area contributed by atoms with Gasteiger partial charge < -0.3 is 4.90 Å². The van der Waals surface area contributed by atoms with Crippen LogP contribution in [0.1, 0.15) is 32.2 Å². The van der Waals surface area contributed by atoms with Crippen LogP contribution in [-0.4, -0.2) is 38.1 Å². The maximum Gasteiger partial charge on any atom is 0.244 e. The van der Waals surface area contributed by atoms with E-state index in [2.05, 4.69) is 15.5 Å². The molecule has 0 spiro atoms. The highest BCUT2D eigenvalue weighted by Gasteiger charge is 2.23. The van der Waals surface area contributed by atoms with Crippen molar-refractivity contribution in [2.75, 3.05) is 7.05 Å². The molecule has 0 saturated heterocycles. The van der Waals surface area contributed by atoms with Gasteiger partial charge in [0, 0.05) is 19.0 Å². The Balaban J connectivity index is 2.03. The molecule has 0 aliphatic carbocycles. The maximum atomic E-state index is 12.9. The first kappa shape index (κ1) is 16.1. The standard InChI is InChI=1S/C15H20FN5O/c1-15(2,3)14-17-18-19-21(14)10-13(22)20(4)9-11-5-7-12(16)8-6-11/h5-8H,9-10H2,1-4H3. The molecule has 2 aromatic rings. The quantitative estimate of drug-likeness (QED) is 0.863. The highest BCUT2D eigenvalue weighted by atomic mass is 19.1. The lowest BCUT2D eigenvalue weighted by Crippen LogP contribution is -2.32. The Labute approximate surface area is 128 Å². The molecule has 0 aliphatic rings. The van der Waals surface area contributed by atoms with Crippen molar-refractivity contribution < 1.29 is 9.18 Å². The monoisotopic (exact) mass is 305 g/mol. The molecular formula is C15H20FN5O. The Bertz CT molecular complexity index is 645. The van der Waals surface area contributed by atoms with Gasteiger partial charge in [-0.3, -0.25) is 4.79 Å². The normalized spacial score (nSPS) is 11.5. The van der Waals surface area contributed by atoms with Crippen molar-refractivity contribution in [2.24, 2.45) is 0 Å². The summed E-state index contributed by atoms with van der Waals surface area (Å²) in [7, 11) is 1.70. The largest absolute Gasteiger partial charge is 0.340 e. The molecule has 0 aliphatic heterocycles. The van der Waals surface area contributed by atoms with Crippen molar-refractivity contribution >= 4 is 5.91 Å². The summed E-state index contributed by atoms with van der Waals surface area (Å²) in [6.45, 7) is 6.45. The Morgan fingerprint density at radius 1 is 1.27 bits per heavy atom. The van der Waals surface area contributed by atoms with E-state index < -0.39 is 0 Å². The van der Waals surface area contributed by atoms with Crippen LogP contribution in [0.3, 0.4) is 0 Å². The number of aromatic nitrogens is 4. The number of nitrogens with zero attached hydrogens (tertiary/aromatic N) is 5. The Morgan fingerprint density at radius 2 is 1.91 bits per heavy atom. The van der Waals surface area contributed by atoms with Crippen LogP contribution in [0.5, 0.6) is 0 Å². The van der Waals surface area contributed by atoms with Gasteiger partial charge in [0.15, 0.2) is 5.82 Å². The lowest BCUT2D eigenvalue weighted by molar-refractivity contribution is -0.131. The number of tetrazole rings is 1. The van der Waals surface area contributed by atoms with E-state index in [4.69, 9.17) is 0 Å². The van der Waals surface area contributed by atoms with Crippen LogP contribution >= 0.6 is 0 Å². The molecule has 1 aromatic heterocycles. The van der Waals surface area contributed by atoms with Crippen LogP contribution in [0.25, 0.3) is 0 Å². The minimum atomic E-state index is -0.291. The molecule has 0 saturated carbocycles. The van der Waals surface area contributed by atoms with Crippen LogP contribution < -0.4 is 0 Å². The lowest BCUT2D eigenvalue weighted by Gasteiger charge is -2.20. The second kappa shape index (κ2) is 6.21. The van der Waals surface area contributed by atoms with Crippen molar-refractivity contribution in [1.82, 2.24) is 25.1 Å². The van der Waals surface area contributed by atoms with Gasteiger partial charge in [-0.2, -0.15) is 0 Å². The molecule has 0 atom stereocenters. The summed E-state index contributed by atoms with van der Waals surface area (Å²) < 4.78 is 14.4. The van der Waals surface area contributed by atoms with Gasteiger partial charge in [0.2, 0.25) is 5.91 Å². The summed E-state index contributed by atoms with van der Waals surface area (Å²) in [5, 5.41) is 11.5. The number of hydrogen-bond acceptors (Lipinski definition) is 4. The molecule has 0 radical (unpaired) electrons. The lowest BCUT2D eigenvalue weighted by atomic mass is 9.96. The fourth-order valence-electron chi connectivity index (χ4n) is 2.05. The predicted molar refractivity (Wildman–Crippen MR) is 79.4 cm³/mol. The molecule has 1 aromatic carbocycles. The van der Waals surface area contributed by atoms with E-state index in [1.165, 1.54) is 16.8 Å². The summed E-state index contributed by atoms with van der Waals surface area (Å²) in [4.78, 5) is 13.9. The van der Waals surface area contributed by atoms with Crippen LogP contribution in [0.4, 0.5) is 4.39 Å². The number of carbonyl (C=O) groups is 1. The Hall–Kier alpha value is -2.31. The second-order valence-electron chi connectivity index (χ2n) is 6.29. The van der Waals surface area contributed by atoms with E-state index in [9.17, 15) is 9.18 Å². The highest BCUT2D eigenvalue weighted by molar-refractivity contribution is 5.75. The molecule has 1 heterocycles. The second-order valence-corrected chi connectivity index (χ2v) is 6.29. The third-order valence-corrected chi connectivity index (χ3v) is 3.25. The van der Waals surface area contributed by atoms with Crippen molar-refractivity contribution in [2.45, 2.75) is 39.3 Å². The molecule has 0 bridgehead atoms. The molecule has 2 rings (SSSR count).